The number of benzene rings is 1. The molecule has 4 nitrogen and oxygen atoms in total. The highest BCUT2D eigenvalue weighted by atomic mass is 16.5. The molecule has 2 aliphatic rings. The first-order valence-electron chi connectivity index (χ1n) is 8.62. The van der Waals surface area contributed by atoms with Gasteiger partial charge in [-0.15, -0.1) is 0 Å². The SMILES string of the molecule is COc1ccc(CCN2CCNCC2)cc1OC1CCCC1. The Hall–Kier alpha value is -1.26. The summed E-state index contributed by atoms with van der Waals surface area (Å²) in [6, 6.07) is 6.40. The van der Waals surface area contributed by atoms with E-state index >= 15 is 0 Å². The van der Waals surface area contributed by atoms with Gasteiger partial charge < -0.3 is 19.7 Å². The van der Waals surface area contributed by atoms with Gasteiger partial charge in [-0.25, -0.2) is 0 Å². The maximum Gasteiger partial charge on any atom is 0.161 e. The summed E-state index contributed by atoms with van der Waals surface area (Å²) >= 11 is 0. The quantitative estimate of drug-likeness (QED) is 0.875. The Labute approximate surface area is 133 Å². The molecule has 122 valence electrons. The molecule has 4 heteroatoms. The molecule has 1 aliphatic carbocycles. The van der Waals surface area contributed by atoms with Crippen LogP contribution in [-0.4, -0.2) is 50.8 Å². The third-order valence-corrected chi connectivity index (χ3v) is 4.75. The fourth-order valence-corrected chi connectivity index (χ4v) is 3.38. The van der Waals surface area contributed by atoms with Gasteiger partial charge in [0, 0.05) is 32.7 Å². The van der Waals surface area contributed by atoms with E-state index in [0.717, 1.165) is 50.6 Å². The van der Waals surface area contributed by atoms with Gasteiger partial charge in [0.05, 0.1) is 13.2 Å². The lowest BCUT2D eigenvalue weighted by Crippen LogP contribution is -2.44. The molecule has 1 saturated heterocycles. The maximum atomic E-state index is 6.18. The van der Waals surface area contributed by atoms with Crippen molar-refractivity contribution in [2.45, 2.75) is 38.2 Å². The Morgan fingerprint density at radius 3 is 2.64 bits per heavy atom. The van der Waals surface area contributed by atoms with E-state index in [4.69, 9.17) is 9.47 Å². The molecule has 1 aliphatic heterocycles. The van der Waals surface area contributed by atoms with Crippen LogP contribution in [0.2, 0.25) is 0 Å². The van der Waals surface area contributed by atoms with Gasteiger partial charge in [-0.1, -0.05) is 6.07 Å². The second-order valence-electron chi connectivity index (χ2n) is 6.35. The second-order valence-corrected chi connectivity index (χ2v) is 6.35. The number of ether oxygens (including phenoxy) is 2. The molecule has 0 amide bonds. The zero-order chi connectivity index (χ0) is 15.2. The van der Waals surface area contributed by atoms with Crippen LogP contribution in [0.25, 0.3) is 0 Å². The first-order chi connectivity index (χ1) is 10.8. The molecule has 0 spiro atoms. The first-order valence-corrected chi connectivity index (χ1v) is 8.62. The molecular weight excluding hydrogens is 276 g/mol. The first kappa shape index (κ1) is 15.6. The fourth-order valence-electron chi connectivity index (χ4n) is 3.38. The Balaban J connectivity index is 1.60. The molecule has 0 unspecified atom stereocenters. The average molecular weight is 304 g/mol. The minimum Gasteiger partial charge on any atom is -0.493 e. The standard InChI is InChI=1S/C18H28N2O2/c1-21-17-7-6-15(8-11-20-12-9-19-10-13-20)14-18(17)22-16-4-2-3-5-16/h6-7,14,16,19H,2-5,8-13H2,1H3. The smallest absolute Gasteiger partial charge is 0.161 e. The predicted octanol–water partition coefficient (Wildman–Crippen LogP) is 2.46. The van der Waals surface area contributed by atoms with Crippen LogP contribution in [0.1, 0.15) is 31.2 Å². The molecule has 0 bridgehead atoms. The van der Waals surface area contributed by atoms with Crippen LogP contribution in [-0.2, 0) is 6.42 Å². The lowest BCUT2D eigenvalue weighted by molar-refractivity contribution is 0.200. The molecule has 1 heterocycles. The Morgan fingerprint density at radius 1 is 1.14 bits per heavy atom. The molecule has 0 aromatic heterocycles. The van der Waals surface area contributed by atoms with E-state index in [9.17, 15) is 0 Å². The minimum absolute atomic E-state index is 0.373. The van der Waals surface area contributed by atoms with E-state index in [1.165, 1.54) is 31.2 Å². The van der Waals surface area contributed by atoms with E-state index in [1.807, 2.05) is 0 Å². The molecule has 0 radical (unpaired) electrons. The molecule has 22 heavy (non-hydrogen) atoms. The van der Waals surface area contributed by atoms with Crippen molar-refractivity contribution >= 4 is 0 Å². The normalized spacial score (nSPS) is 20.2. The minimum atomic E-state index is 0.373. The maximum absolute atomic E-state index is 6.18. The van der Waals surface area contributed by atoms with Crippen molar-refractivity contribution in [3.8, 4) is 11.5 Å². The molecule has 1 aromatic carbocycles. The monoisotopic (exact) mass is 304 g/mol. The van der Waals surface area contributed by atoms with Crippen molar-refractivity contribution < 1.29 is 9.47 Å². The number of hydrogen-bond acceptors (Lipinski definition) is 4. The van der Waals surface area contributed by atoms with Crippen molar-refractivity contribution in [2.75, 3.05) is 39.8 Å². The Morgan fingerprint density at radius 2 is 1.91 bits per heavy atom. The van der Waals surface area contributed by atoms with Gasteiger partial charge in [-0.05, 0) is 49.8 Å². The van der Waals surface area contributed by atoms with E-state index in [1.54, 1.807) is 7.11 Å². The van der Waals surface area contributed by atoms with Crippen LogP contribution in [0.4, 0.5) is 0 Å². The number of piperazine rings is 1. The van der Waals surface area contributed by atoms with Crippen molar-refractivity contribution in [1.82, 2.24) is 10.2 Å². The molecular formula is C18H28N2O2. The van der Waals surface area contributed by atoms with Gasteiger partial charge in [0.15, 0.2) is 11.5 Å². The molecule has 1 saturated carbocycles. The largest absolute Gasteiger partial charge is 0.493 e. The van der Waals surface area contributed by atoms with Crippen LogP contribution >= 0.6 is 0 Å². The van der Waals surface area contributed by atoms with Crippen LogP contribution in [0.5, 0.6) is 11.5 Å². The van der Waals surface area contributed by atoms with Gasteiger partial charge in [-0.3, -0.25) is 0 Å². The van der Waals surface area contributed by atoms with Gasteiger partial charge in [-0.2, -0.15) is 0 Å². The van der Waals surface area contributed by atoms with E-state index in [2.05, 4.69) is 28.4 Å². The lowest BCUT2D eigenvalue weighted by atomic mass is 10.1. The van der Waals surface area contributed by atoms with E-state index in [-0.39, 0.29) is 0 Å². The third-order valence-electron chi connectivity index (χ3n) is 4.75. The van der Waals surface area contributed by atoms with Crippen LogP contribution < -0.4 is 14.8 Å². The summed E-state index contributed by atoms with van der Waals surface area (Å²) in [7, 11) is 1.72. The van der Waals surface area contributed by atoms with Gasteiger partial charge in [0.1, 0.15) is 0 Å². The van der Waals surface area contributed by atoms with E-state index < -0.39 is 0 Å². The number of rotatable bonds is 6. The highest BCUT2D eigenvalue weighted by Gasteiger charge is 2.18. The van der Waals surface area contributed by atoms with Gasteiger partial charge >= 0.3 is 0 Å². The summed E-state index contributed by atoms with van der Waals surface area (Å²) < 4.78 is 11.6. The zero-order valence-electron chi connectivity index (χ0n) is 13.6. The van der Waals surface area contributed by atoms with Gasteiger partial charge in [0.25, 0.3) is 0 Å². The molecule has 1 N–H and O–H groups in total. The molecule has 1 aromatic rings. The summed E-state index contributed by atoms with van der Waals surface area (Å²) in [4.78, 5) is 2.53. The fraction of sp³-hybridized carbons (Fsp3) is 0.667. The average Bonchev–Trinajstić information content (AvgIpc) is 3.07. The summed E-state index contributed by atoms with van der Waals surface area (Å²) in [5, 5.41) is 3.40. The van der Waals surface area contributed by atoms with Crippen molar-refractivity contribution in [1.29, 1.82) is 0 Å². The molecule has 3 rings (SSSR count). The van der Waals surface area contributed by atoms with Crippen molar-refractivity contribution in [3.05, 3.63) is 23.8 Å². The topological polar surface area (TPSA) is 33.7 Å². The van der Waals surface area contributed by atoms with Crippen molar-refractivity contribution in [2.24, 2.45) is 0 Å². The van der Waals surface area contributed by atoms with Crippen LogP contribution in [0.15, 0.2) is 18.2 Å². The third kappa shape index (κ3) is 4.14. The Kier molecular flexibility index (Phi) is 5.57. The van der Waals surface area contributed by atoms with Crippen LogP contribution in [0, 0.1) is 0 Å². The number of methoxy groups -OCH3 is 1. The number of nitrogens with zero attached hydrogens (tertiary/aromatic N) is 1. The summed E-state index contributed by atoms with van der Waals surface area (Å²) in [5.41, 5.74) is 1.34. The number of hydrogen-bond donors (Lipinski definition) is 1. The summed E-state index contributed by atoms with van der Waals surface area (Å²) in [6.45, 7) is 5.65. The highest BCUT2D eigenvalue weighted by Crippen LogP contribution is 2.32. The Bertz CT molecular complexity index is 466. The number of nitrogens with one attached hydrogen (secondary N) is 1. The summed E-state index contributed by atoms with van der Waals surface area (Å²) in [5.74, 6) is 1.78. The molecule has 0 atom stereocenters. The lowest BCUT2D eigenvalue weighted by Gasteiger charge is -2.27. The second kappa shape index (κ2) is 7.84. The van der Waals surface area contributed by atoms with Gasteiger partial charge in [0.2, 0.25) is 0 Å². The van der Waals surface area contributed by atoms with Crippen LogP contribution in [0.3, 0.4) is 0 Å². The van der Waals surface area contributed by atoms with E-state index in [0.29, 0.717) is 6.10 Å². The molecule has 2 fully saturated rings. The van der Waals surface area contributed by atoms with Crippen molar-refractivity contribution in [3.63, 3.8) is 0 Å². The predicted molar refractivity (Wildman–Crippen MR) is 88.9 cm³/mol. The highest BCUT2D eigenvalue weighted by molar-refractivity contribution is 5.43. The summed E-state index contributed by atoms with van der Waals surface area (Å²) in [6.07, 6.45) is 6.37. The zero-order valence-corrected chi connectivity index (χ0v) is 13.6.